The Labute approximate surface area is 121 Å². The predicted molar refractivity (Wildman–Crippen MR) is 79.9 cm³/mol. The molecule has 0 amide bonds. The molecule has 4 nitrogen and oxygen atoms in total. The maximum atomic E-state index is 5.90. The van der Waals surface area contributed by atoms with Crippen molar-refractivity contribution in [3.05, 3.63) is 24.3 Å². The fourth-order valence-corrected chi connectivity index (χ4v) is 2.58. The van der Waals surface area contributed by atoms with Crippen LogP contribution in [0.25, 0.3) is 0 Å². The van der Waals surface area contributed by atoms with Gasteiger partial charge in [0.1, 0.15) is 5.75 Å². The zero-order valence-electron chi connectivity index (χ0n) is 12.4. The van der Waals surface area contributed by atoms with Gasteiger partial charge in [-0.1, -0.05) is 12.1 Å². The average Bonchev–Trinajstić information content (AvgIpc) is 2.39. The van der Waals surface area contributed by atoms with Crippen molar-refractivity contribution >= 4 is 5.69 Å². The van der Waals surface area contributed by atoms with Gasteiger partial charge >= 0.3 is 0 Å². The van der Waals surface area contributed by atoms with Crippen LogP contribution in [0.4, 0.5) is 5.69 Å². The number of benzene rings is 1. The number of para-hydroxylation sites is 2. The minimum absolute atomic E-state index is 0.295. The van der Waals surface area contributed by atoms with Gasteiger partial charge in [0.05, 0.1) is 37.2 Å². The normalized spacial score (nSPS) is 26.4. The lowest BCUT2D eigenvalue weighted by Gasteiger charge is -2.32. The molecule has 1 aromatic carbocycles. The minimum atomic E-state index is 0.295. The fourth-order valence-electron chi connectivity index (χ4n) is 2.58. The van der Waals surface area contributed by atoms with Gasteiger partial charge < -0.3 is 19.9 Å². The van der Waals surface area contributed by atoms with Crippen LogP contribution in [0.3, 0.4) is 0 Å². The second-order valence-corrected chi connectivity index (χ2v) is 5.46. The van der Waals surface area contributed by atoms with E-state index in [0.717, 1.165) is 31.6 Å². The summed E-state index contributed by atoms with van der Waals surface area (Å²) in [5.74, 6) is 0.751. The van der Waals surface area contributed by atoms with E-state index in [0.29, 0.717) is 30.6 Å². The van der Waals surface area contributed by atoms with Gasteiger partial charge in [0.15, 0.2) is 0 Å². The van der Waals surface area contributed by atoms with Crippen molar-refractivity contribution in [1.82, 2.24) is 0 Å². The quantitative estimate of drug-likeness (QED) is 0.642. The molecule has 4 heteroatoms. The fraction of sp³-hybridized carbons (Fsp3) is 0.625. The van der Waals surface area contributed by atoms with E-state index in [1.54, 1.807) is 0 Å². The summed E-state index contributed by atoms with van der Waals surface area (Å²) in [6.45, 7) is 5.56. The standard InChI is InChI=1S/C16H25NO3/c1-12-10-14(11-13(2)20-12)18-8-5-9-19-16-7-4-3-6-15(16)17/h3-4,6-7,12-14H,5,8-11,17H2,1-2H3. The van der Waals surface area contributed by atoms with E-state index >= 15 is 0 Å². The molecule has 2 unspecified atom stereocenters. The number of ether oxygens (including phenoxy) is 3. The molecule has 0 radical (unpaired) electrons. The highest BCUT2D eigenvalue weighted by Gasteiger charge is 2.24. The Kier molecular flexibility index (Phi) is 5.68. The van der Waals surface area contributed by atoms with Gasteiger partial charge in [-0.2, -0.15) is 0 Å². The lowest BCUT2D eigenvalue weighted by molar-refractivity contribution is -0.102. The van der Waals surface area contributed by atoms with Crippen molar-refractivity contribution in [2.45, 2.75) is 51.4 Å². The first-order valence-corrected chi connectivity index (χ1v) is 7.39. The lowest BCUT2D eigenvalue weighted by atomic mass is 10.0. The number of hydrogen-bond acceptors (Lipinski definition) is 4. The van der Waals surface area contributed by atoms with E-state index in [1.807, 2.05) is 24.3 Å². The molecule has 0 spiro atoms. The highest BCUT2D eigenvalue weighted by Crippen LogP contribution is 2.22. The summed E-state index contributed by atoms with van der Waals surface area (Å²) in [5, 5.41) is 0. The second kappa shape index (κ2) is 7.50. The summed E-state index contributed by atoms with van der Waals surface area (Å²) in [6, 6.07) is 7.56. The summed E-state index contributed by atoms with van der Waals surface area (Å²) >= 11 is 0. The van der Waals surface area contributed by atoms with Crippen LogP contribution in [-0.4, -0.2) is 31.5 Å². The molecule has 0 aromatic heterocycles. The zero-order valence-corrected chi connectivity index (χ0v) is 12.4. The Morgan fingerprint density at radius 2 is 1.85 bits per heavy atom. The van der Waals surface area contributed by atoms with E-state index in [4.69, 9.17) is 19.9 Å². The Hall–Kier alpha value is -1.26. The first-order valence-electron chi connectivity index (χ1n) is 7.39. The van der Waals surface area contributed by atoms with Gasteiger partial charge in [-0.15, -0.1) is 0 Å². The van der Waals surface area contributed by atoms with Crippen LogP contribution in [0.1, 0.15) is 33.1 Å². The third kappa shape index (κ3) is 4.69. The van der Waals surface area contributed by atoms with E-state index in [2.05, 4.69) is 13.8 Å². The molecule has 1 saturated heterocycles. The SMILES string of the molecule is CC1CC(OCCCOc2ccccc2N)CC(C)O1. The molecule has 1 aliphatic rings. The van der Waals surface area contributed by atoms with Crippen molar-refractivity contribution in [2.75, 3.05) is 18.9 Å². The first kappa shape index (κ1) is 15.1. The molecule has 20 heavy (non-hydrogen) atoms. The van der Waals surface area contributed by atoms with Crippen LogP contribution in [0, 0.1) is 0 Å². The van der Waals surface area contributed by atoms with Crippen LogP contribution in [0.2, 0.25) is 0 Å². The van der Waals surface area contributed by atoms with E-state index < -0.39 is 0 Å². The number of hydrogen-bond donors (Lipinski definition) is 1. The number of rotatable bonds is 6. The van der Waals surface area contributed by atoms with Crippen molar-refractivity contribution in [2.24, 2.45) is 0 Å². The van der Waals surface area contributed by atoms with Gasteiger partial charge in [0, 0.05) is 6.42 Å². The van der Waals surface area contributed by atoms with Gasteiger partial charge in [-0.05, 0) is 38.8 Å². The van der Waals surface area contributed by atoms with Crippen LogP contribution in [0.5, 0.6) is 5.75 Å². The van der Waals surface area contributed by atoms with Gasteiger partial charge in [0.25, 0.3) is 0 Å². The molecule has 2 atom stereocenters. The molecule has 2 rings (SSSR count). The maximum Gasteiger partial charge on any atom is 0.142 e. The third-order valence-corrected chi connectivity index (χ3v) is 3.47. The van der Waals surface area contributed by atoms with Crippen molar-refractivity contribution in [3.63, 3.8) is 0 Å². The van der Waals surface area contributed by atoms with Crippen molar-refractivity contribution < 1.29 is 14.2 Å². The van der Waals surface area contributed by atoms with Crippen LogP contribution >= 0.6 is 0 Å². The highest BCUT2D eigenvalue weighted by molar-refractivity contribution is 5.51. The molecule has 0 saturated carbocycles. The van der Waals surface area contributed by atoms with Crippen LogP contribution in [0.15, 0.2) is 24.3 Å². The van der Waals surface area contributed by atoms with E-state index in [1.165, 1.54) is 0 Å². The molecule has 1 aromatic rings. The molecule has 0 bridgehead atoms. The Bertz CT molecular complexity index is 400. The number of nitrogen functional groups attached to an aromatic ring is 1. The minimum Gasteiger partial charge on any atom is -0.491 e. The average molecular weight is 279 g/mol. The molecule has 2 N–H and O–H groups in total. The summed E-state index contributed by atoms with van der Waals surface area (Å²) in [5.41, 5.74) is 6.49. The zero-order chi connectivity index (χ0) is 14.4. The monoisotopic (exact) mass is 279 g/mol. The number of nitrogens with two attached hydrogens (primary N) is 1. The lowest BCUT2D eigenvalue weighted by Crippen LogP contribution is -2.34. The highest BCUT2D eigenvalue weighted by atomic mass is 16.5. The molecule has 1 heterocycles. The molecular formula is C16H25NO3. The van der Waals surface area contributed by atoms with Gasteiger partial charge in [0.2, 0.25) is 0 Å². The number of anilines is 1. The van der Waals surface area contributed by atoms with Crippen molar-refractivity contribution in [1.29, 1.82) is 0 Å². The first-order chi connectivity index (χ1) is 9.65. The summed E-state index contributed by atoms with van der Waals surface area (Å²) in [7, 11) is 0. The summed E-state index contributed by atoms with van der Waals surface area (Å²) < 4.78 is 17.2. The Balaban J connectivity index is 1.61. The molecular weight excluding hydrogens is 254 g/mol. The van der Waals surface area contributed by atoms with E-state index in [-0.39, 0.29) is 0 Å². The predicted octanol–water partition coefficient (Wildman–Crippen LogP) is 3.01. The van der Waals surface area contributed by atoms with E-state index in [9.17, 15) is 0 Å². The second-order valence-electron chi connectivity index (χ2n) is 5.46. The Morgan fingerprint density at radius 3 is 2.55 bits per heavy atom. The largest absolute Gasteiger partial charge is 0.491 e. The molecule has 0 aliphatic carbocycles. The maximum absolute atomic E-state index is 5.90. The molecule has 1 fully saturated rings. The molecule has 112 valence electrons. The third-order valence-electron chi connectivity index (χ3n) is 3.47. The topological polar surface area (TPSA) is 53.7 Å². The van der Waals surface area contributed by atoms with Gasteiger partial charge in [-0.3, -0.25) is 0 Å². The van der Waals surface area contributed by atoms with Gasteiger partial charge in [-0.25, -0.2) is 0 Å². The Morgan fingerprint density at radius 1 is 1.15 bits per heavy atom. The van der Waals surface area contributed by atoms with Crippen LogP contribution < -0.4 is 10.5 Å². The van der Waals surface area contributed by atoms with Crippen molar-refractivity contribution in [3.8, 4) is 5.75 Å². The van der Waals surface area contributed by atoms with Crippen LogP contribution in [-0.2, 0) is 9.47 Å². The molecule has 1 aliphatic heterocycles. The smallest absolute Gasteiger partial charge is 0.142 e. The summed E-state index contributed by atoms with van der Waals surface area (Å²) in [6.07, 6.45) is 3.74. The summed E-state index contributed by atoms with van der Waals surface area (Å²) in [4.78, 5) is 0.